The average Bonchev–Trinajstić information content (AvgIpc) is 2.92. The normalized spacial score (nSPS) is 45.0. The second-order valence-corrected chi connectivity index (χ2v) is 9.73. The lowest BCUT2D eigenvalue weighted by Gasteiger charge is -2.58. The number of aliphatic hydroxyl groups is 1. The summed E-state index contributed by atoms with van der Waals surface area (Å²) in [5, 5.41) is 15.0. The summed E-state index contributed by atoms with van der Waals surface area (Å²) < 4.78 is 0. The summed E-state index contributed by atoms with van der Waals surface area (Å²) >= 11 is 0. The summed E-state index contributed by atoms with van der Waals surface area (Å²) in [6, 6.07) is 0. The van der Waals surface area contributed by atoms with Crippen LogP contribution >= 0.6 is 12.4 Å². The van der Waals surface area contributed by atoms with Crippen LogP contribution in [-0.4, -0.2) is 30.1 Å². The molecule has 0 spiro atoms. The third-order valence-electron chi connectivity index (χ3n) is 8.77. The molecule has 3 N–H and O–H groups in total. The van der Waals surface area contributed by atoms with Gasteiger partial charge < -0.3 is 15.7 Å². The molecule has 0 saturated heterocycles. The van der Waals surface area contributed by atoms with Gasteiger partial charge in [-0.15, -0.1) is 12.4 Å². The van der Waals surface area contributed by atoms with E-state index in [0.717, 1.165) is 36.3 Å². The number of fused-ring (bicyclic) bond motifs is 5. The maximum atomic E-state index is 10.6. The lowest BCUT2D eigenvalue weighted by atomic mass is 9.47. The van der Waals surface area contributed by atoms with Crippen LogP contribution in [0.2, 0.25) is 0 Å². The van der Waals surface area contributed by atoms with Gasteiger partial charge in [0.25, 0.3) is 0 Å². The quantitative estimate of drug-likeness (QED) is 0.546. The fourth-order valence-corrected chi connectivity index (χ4v) is 7.26. The van der Waals surface area contributed by atoms with E-state index in [2.05, 4.69) is 25.9 Å². The maximum absolute atomic E-state index is 10.6. The number of nitrogens with two attached hydrogens (primary N) is 1. The minimum absolute atomic E-state index is 0. The number of hydrogen-bond acceptors (Lipinski definition) is 4. The molecule has 4 nitrogen and oxygen atoms in total. The average molecular weight is 397 g/mol. The molecule has 4 rings (SSSR count). The molecule has 6 atom stereocenters. The van der Waals surface area contributed by atoms with E-state index in [9.17, 15) is 5.11 Å². The van der Waals surface area contributed by atoms with Crippen LogP contribution in [0.4, 0.5) is 0 Å². The van der Waals surface area contributed by atoms with Gasteiger partial charge in [0.05, 0.1) is 11.8 Å². The SMILES string of the molecule is CC1=C2CC[C@H]3[C@@H]4CC[C@H](O)[C@@]4(C)CC[C@@H]3[C@@]2(C)CC/C1=N/OCCN.Cl. The largest absolute Gasteiger partial charge is 0.394 e. The van der Waals surface area contributed by atoms with Gasteiger partial charge in [-0.3, -0.25) is 0 Å². The zero-order valence-electron chi connectivity index (χ0n) is 17.2. The Kier molecular flexibility index (Phi) is 6.01. The van der Waals surface area contributed by atoms with Crippen molar-refractivity contribution >= 4 is 18.1 Å². The number of halogens is 1. The van der Waals surface area contributed by atoms with E-state index in [1.807, 2.05) is 0 Å². The minimum atomic E-state index is -0.0790. The molecule has 0 aromatic heterocycles. The van der Waals surface area contributed by atoms with Crippen molar-refractivity contribution in [2.75, 3.05) is 13.2 Å². The predicted molar refractivity (Wildman–Crippen MR) is 112 cm³/mol. The smallest absolute Gasteiger partial charge is 0.129 e. The molecule has 27 heavy (non-hydrogen) atoms. The highest BCUT2D eigenvalue weighted by atomic mass is 35.5. The summed E-state index contributed by atoms with van der Waals surface area (Å²) in [6.07, 6.45) is 9.33. The van der Waals surface area contributed by atoms with Crippen LogP contribution in [0.5, 0.6) is 0 Å². The number of oxime groups is 1. The van der Waals surface area contributed by atoms with E-state index in [1.165, 1.54) is 44.1 Å². The Hall–Kier alpha value is -0.580. The topological polar surface area (TPSA) is 67.8 Å². The third kappa shape index (κ3) is 3.16. The first-order chi connectivity index (χ1) is 12.4. The van der Waals surface area contributed by atoms with E-state index in [-0.39, 0.29) is 23.9 Å². The standard InChI is InChI=1S/C22H36N2O2.ClH/c1-14-16-5-4-15-17-6-7-20(25)22(17,3)10-8-18(15)21(16,2)11-9-19(14)24-26-13-12-23;/h15,17-18,20,25H,4-13,23H2,1-3H3;1H/b24-19-;/t15-,17-,18-,20-,21-,22-;/m0./s1. The Bertz CT molecular complexity index is 634. The van der Waals surface area contributed by atoms with Crippen molar-refractivity contribution in [3.05, 3.63) is 11.1 Å². The molecular formula is C22H37ClN2O2. The molecule has 154 valence electrons. The zero-order valence-corrected chi connectivity index (χ0v) is 18.0. The van der Waals surface area contributed by atoms with Crippen LogP contribution in [0.15, 0.2) is 16.3 Å². The van der Waals surface area contributed by atoms with Crippen LogP contribution in [0, 0.1) is 28.6 Å². The Balaban J connectivity index is 0.00000210. The van der Waals surface area contributed by atoms with E-state index in [0.29, 0.717) is 18.6 Å². The van der Waals surface area contributed by atoms with Crippen molar-refractivity contribution < 1.29 is 9.94 Å². The van der Waals surface area contributed by atoms with Gasteiger partial charge in [0, 0.05) is 6.54 Å². The molecule has 4 aliphatic carbocycles. The fourth-order valence-electron chi connectivity index (χ4n) is 7.26. The maximum Gasteiger partial charge on any atom is 0.129 e. The number of rotatable bonds is 3. The number of aliphatic hydroxyl groups excluding tert-OH is 1. The molecular weight excluding hydrogens is 360 g/mol. The Morgan fingerprint density at radius 1 is 1.11 bits per heavy atom. The highest BCUT2D eigenvalue weighted by Gasteiger charge is 2.59. The molecule has 0 amide bonds. The number of allylic oxidation sites excluding steroid dienone is 2. The molecule has 0 aromatic carbocycles. The highest BCUT2D eigenvalue weighted by molar-refractivity contribution is 6.01. The summed E-state index contributed by atoms with van der Waals surface area (Å²) in [5.41, 5.74) is 10.2. The summed E-state index contributed by atoms with van der Waals surface area (Å²) in [4.78, 5) is 5.39. The van der Waals surface area contributed by atoms with Gasteiger partial charge in [0.15, 0.2) is 0 Å². The van der Waals surface area contributed by atoms with Gasteiger partial charge in [-0.25, -0.2) is 0 Å². The van der Waals surface area contributed by atoms with Crippen LogP contribution in [0.25, 0.3) is 0 Å². The lowest BCUT2D eigenvalue weighted by Crippen LogP contribution is -2.51. The van der Waals surface area contributed by atoms with Crippen LogP contribution in [-0.2, 0) is 4.84 Å². The van der Waals surface area contributed by atoms with E-state index < -0.39 is 0 Å². The molecule has 0 aromatic rings. The molecule has 3 saturated carbocycles. The molecule has 0 radical (unpaired) electrons. The van der Waals surface area contributed by atoms with Crippen LogP contribution in [0.1, 0.15) is 72.1 Å². The second-order valence-electron chi connectivity index (χ2n) is 9.73. The third-order valence-corrected chi connectivity index (χ3v) is 8.77. The minimum Gasteiger partial charge on any atom is -0.394 e. The highest BCUT2D eigenvalue weighted by Crippen LogP contribution is 2.65. The summed E-state index contributed by atoms with van der Waals surface area (Å²) in [5.74, 6) is 2.29. The van der Waals surface area contributed by atoms with Crippen molar-refractivity contribution in [2.24, 2.45) is 39.5 Å². The second kappa shape index (κ2) is 7.68. The fraction of sp³-hybridized carbons (Fsp3) is 0.864. The van der Waals surface area contributed by atoms with Crippen molar-refractivity contribution in [1.29, 1.82) is 0 Å². The first-order valence-electron chi connectivity index (χ1n) is 10.7. The van der Waals surface area contributed by atoms with E-state index in [4.69, 9.17) is 10.6 Å². The monoisotopic (exact) mass is 396 g/mol. The molecule has 3 fully saturated rings. The predicted octanol–water partition coefficient (Wildman–Crippen LogP) is 4.45. The Morgan fingerprint density at radius 3 is 2.63 bits per heavy atom. The van der Waals surface area contributed by atoms with Gasteiger partial charge in [0.2, 0.25) is 0 Å². The van der Waals surface area contributed by atoms with Gasteiger partial charge in [-0.2, -0.15) is 0 Å². The molecule has 0 aliphatic heterocycles. The van der Waals surface area contributed by atoms with Crippen molar-refractivity contribution in [1.82, 2.24) is 0 Å². The van der Waals surface area contributed by atoms with Gasteiger partial charge in [-0.05, 0) is 92.4 Å². The zero-order chi connectivity index (χ0) is 18.5. The van der Waals surface area contributed by atoms with Gasteiger partial charge in [-0.1, -0.05) is 24.6 Å². The Morgan fingerprint density at radius 2 is 1.89 bits per heavy atom. The summed E-state index contributed by atoms with van der Waals surface area (Å²) in [7, 11) is 0. The van der Waals surface area contributed by atoms with Crippen molar-refractivity contribution in [3.63, 3.8) is 0 Å². The van der Waals surface area contributed by atoms with Crippen LogP contribution < -0.4 is 5.73 Å². The molecule has 0 bridgehead atoms. The molecule has 0 unspecified atom stereocenters. The number of nitrogens with zero attached hydrogens (tertiary/aromatic N) is 1. The molecule has 0 heterocycles. The first kappa shape index (κ1) is 21.1. The van der Waals surface area contributed by atoms with Crippen molar-refractivity contribution in [2.45, 2.75) is 78.2 Å². The van der Waals surface area contributed by atoms with Crippen molar-refractivity contribution in [3.8, 4) is 0 Å². The van der Waals surface area contributed by atoms with E-state index in [1.54, 1.807) is 5.57 Å². The van der Waals surface area contributed by atoms with Gasteiger partial charge >= 0.3 is 0 Å². The summed E-state index contributed by atoms with van der Waals surface area (Å²) in [6.45, 7) is 8.15. The molecule has 5 heteroatoms. The van der Waals surface area contributed by atoms with Gasteiger partial charge in [0.1, 0.15) is 6.61 Å². The first-order valence-corrected chi connectivity index (χ1v) is 10.7. The molecule has 4 aliphatic rings. The number of hydrogen-bond donors (Lipinski definition) is 2. The van der Waals surface area contributed by atoms with Crippen LogP contribution in [0.3, 0.4) is 0 Å². The Labute approximate surface area is 170 Å². The lowest BCUT2D eigenvalue weighted by molar-refractivity contribution is -0.0725. The van der Waals surface area contributed by atoms with E-state index >= 15 is 0 Å².